The standard InChI is InChI=1S/C19H27N2O3P/c1-14(16-9-7-15(12-20)8-10-16)21-13-18(22)11-19(24-25-23)17-5-3-2-4-6-17/h7-10,14,17-19,21-22H,2-6,11,13H2,1H3/t14-,18+,19?/m1/s1. The molecule has 2 N–H and O–H groups in total. The Kier molecular flexibility index (Phi) is 8.51. The van der Waals surface area contributed by atoms with Crippen molar-refractivity contribution in [2.24, 2.45) is 5.92 Å². The molecular formula is C19H27N2O3P. The highest BCUT2D eigenvalue weighted by Crippen LogP contribution is 2.31. The Hall–Kier alpha value is -1.31. The summed E-state index contributed by atoms with van der Waals surface area (Å²) in [7, 11) is -0.305. The van der Waals surface area contributed by atoms with Gasteiger partial charge in [0.2, 0.25) is 0 Å². The molecule has 1 aromatic rings. The second-order valence-corrected chi connectivity index (χ2v) is 7.23. The fourth-order valence-electron chi connectivity index (χ4n) is 3.51. The van der Waals surface area contributed by atoms with Crippen LogP contribution in [0, 0.1) is 17.2 Å². The van der Waals surface area contributed by atoms with E-state index in [0.29, 0.717) is 24.4 Å². The molecule has 136 valence electrons. The topological polar surface area (TPSA) is 82.3 Å². The van der Waals surface area contributed by atoms with E-state index in [2.05, 4.69) is 11.4 Å². The molecule has 0 aromatic heterocycles. The molecule has 5 nitrogen and oxygen atoms in total. The minimum absolute atomic E-state index is 0.0778. The van der Waals surface area contributed by atoms with Gasteiger partial charge in [-0.05, 0) is 43.4 Å². The number of aliphatic hydroxyl groups excluding tert-OH is 1. The quantitative estimate of drug-likeness (QED) is 0.646. The summed E-state index contributed by atoms with van der Waals surface area (Å²) in [5.74, 6) is 0.390. The van der Waals surface area contributed by atoms with Crippen LogP contribution in [0.2, 0.25) is 0 Å². The SMILES string of the molecule is C[C@@H](NC[C@@H](O)CC(OP=O)C1CCCCC1)c1ccc(C#N)cc1. The second kappa shape index (κ2) is 10.6. The molecule has 0 radical (unpaired) electrons. The zero-order valence-electron chi connectivity index (χ0n) is 14.7. The number of hydrogen-bond donors (Lipinski definition) is 2. The number of nitriles is 1. The Morgan fingerprint density at radius 3 is 2.60 bits per heavy atom. The first-order valence-electron chi connectivity index (χ1n) is 9.04. The highest BCUT2D eigenvalue weighted by Gasteiger charge is 2.27. The first kappa shape index (κ1) is 20.0. The van der Waals surface area contributed by atoms with Gasteiger partial charge in [0, 0.05) is 19.0 Å². The summed E-state index contributed by atoms with van der Waals surface area (Å²) in [6.45, 7) is 2.48. The lowest BCUT2D eigenvalue weighted by atomic mass is 9.83. The van der Waals surface area contributed by atoms with Gasteiger partial charge in [0.25, 0.3) is 0 Å². The minimum atomic E-state index is -0.547. The van der Waals surface area contributed by atoms with Gasteiger partial charge in [-0.1, -0.05) is 31.4 Å². The lowest BCUT2D eigenvalue weighted by Crippen LogP contribution is -2.34. The van der Waals surface area contributed by atoms with Crippen molar-refractivity contribution in [1.82, 2.24) is 5.32 Å². The predicted octanol–water partition coefficient (Wildman–Crippen LogP) is 4.13. The smallest absolute Gasteiger partial charge is 0.327 e. The van der Waals surface area contributed by atoms with Gasteiger partial charge in [0.1, 0.15) is 0 Å². The summed E-state index contributed by atoms with van der Waals surface area (Å²) in [6.07, 6.45) is 5.59. The van der Waals surface area contributed by atoms with Crippen molar-refractivity contribution in [3.63, 3.8) is 0 Å². The van der Waals surface area contributed by atoms with Crippen LogP contribution < -0.4 is 5.32 Å². The number of benzene rings is 1. The number of nitrogens with zero attached hydrogens (tertiary/aromatic N) is 1. The summed E-state index contributed by atoms with van der Waals surface area (Å²) in [6, 6.07) is 9.62. The van der Waals surface area contributed by atoms with Gasteiger partial charge in [-0.2, -0.15) is 5.26 Å². The molecule has 3 atom stereocenters. The third kappa shape index (κ3) is 6.49. The highest BCUT2D eigenvalue weighted by molar-refractivity contribution is 7.17. The molecule has 1 saturated carbocycles. The Balaban J connectivity index is 1.81. The average Bonchev–Trinajstić information content (AvgIpc) is 2.66. The maximum atomic E-state index is 10.9. The van der Waals surface area contributed by atoms with Crippen molar-refractivity contribution < 1.29 is 14.2 Å². The van der Waals surface area contributed by atoms with Crippen LogP contribution in [0.25, 0.3) is 0 Å². The molecule has 0 amide bonds. The predicted molar refractivity (Wildman–Crippen MR) is 97.3 cm³/mol. The maximum Gasteiger partial charge on any atom is 0.327 e. The van der Waals surface area contributed by atoms with E-state index in [9.17, 15) is 9.67 Å². The fraction of sp³-hybridized carbons (Fsp3) is 0.632. The van der Waals surface area contributed by atoms with Crippen LogP contribution >= 0.6 is 8.69 Å². The van der Waals surface area contributed by atoms with E-state index in [-0.39, 0.29) is 20.8 Å². The molecule has 25 heavy (non-hydrogen) atoms. The molecule has 1 aliphatic carbocycles. The summed E-state index contributed by atoms with van der Waals surface area (Å²) in [4.78, 5) is 0. The first-order valence-corrected chi connectivity index (χ1v) is 9.77. The van der Waals surface area contributed by atoms with Crippen molar-refractivity contribution >= 4 is 8.69 Å². The van der Waals surface area contributed by atoms with E-state index in [4.69, 9.17) is 9.79 Å². The monoisotopic (exact) mass is 362 g/mol. The molecule has 1 aliphatic rings. The Labute approximate surface area is 151 Å². The zero-order chi connectivity index (χ0) is 18.1. The van der Waals surface area contributed by atoms with Crippen LogP contribution in [0.15, 0.2) is 24.3 Å². The van der Waals surface area contributed by atoms with Gasteiger partial charge >= 0.3 is 8.69 Å². The van der Waals surface area contributed by atoms with Gasteiger partial charge < -0.3 is 10.4 Å². The second-order valence-electron chi connectivity index (χ2n) is 6.87. The van der Waals surface area contributed by atoms with Crippen LogP contribution in [-0.4, -0.2) is 23.9 Å². The summed E-state index contributed by atoms with van der Waals surface area (Å²) in [5.41, 5.74) is 1.71. The van der Waals surface area contributed by atoms with Gasteiger partial charge in [0.05, 0.1) is 23.8 Å². The van der Waals surface area contributed by atoms with Crippen molar-refractivity contribution in [2.45, 2.75) is 63.7 Å². The third-order valence-electron chi connectivity index (χ3n) is 5.06. The van der Waals surface area contributed by atoms with E-state index >= 15 is 0 Å². The van der Waals surface area contributed by atoms with Crippen LogP contribution in [0.3, 0.4) is 0 Å². The normalized spacial score (nSPS) is 19.2. The van der Waals surface area contributed by atoms with E-state index in [1.807, 2.05) is 19.1 Å². The summed E-state index contributed by atoms with van der Waals surface area (Å²) in [5, 5.41) is 22.5. The van der Waals surface area contributed by atoms with E-state index in [1.165, 1.54) is 19.3 Å². The fourth-order valence-corrected chi connectivity index (χ4v) is 3.88. The number of rotatable bonds is 9. The maximum absolute atomic E-state index is 10.9. The molecule has 0 saturated heterocycles. The van der Waals surface area contributed by atoms with E-state index in [1.54, 1.807) is 12.1 Å². The largest absolute Gasteiger partial charge is 0.392 e. The van der Waals surface area contributed by atoms with Crippen molar-refractivity contribution in [3.8, 4) is 6.07 Å². The molecule has 1 fully saturated rings. The van der Waals surface area contributed by atoms with Gasteiger partial charge in [0.15, 0.2) is 0 Å². The summed E-state index contributed by atoms with van der Waals surface area (Å²) >= 11 is 0. The van der Waals surface area contributed by atoms with Crippen molar-refractivity contribution in [3.05, 3.63) is 35.4 Å². The highest BCUT2D eigenvalue weighted by atomic mass is 31.1. The molecule has 1 aromatic carbocycles. The Morgan fingerprint density at radius 1 is 1.32 bits per heavy atom. The van der Waals surface area contributed by atoms with Crippen LogP contribution in [0.5, 0.6) is 0 Å². The average molecular weight is 362 g/mol. The molecule has 0 heterocycles. The number of nitrogens with one attached hydrogen (secondary N) is 1. The zero-order valence-corrected chi connectivity index (χ0v) is 15.6. The lowest BCUT2D eigenvalue weighted by Gasteiger charge is -2.30. The van der Waals surface area contributed by atoms with Crippen LogP contribution in [-0.2, 0) is 9.09 Å². The van der Waals surface area contributed by atoms with Crippen LogP contribution in [0.4, 0.5) is 0 Å². The third-order valence-corrected chi connectivity index (χ3v) is 5.41. The molecule has 0 spiro atoms. The van der Waals surface area contributed by atoms with Gasteiger partial charge in [-0.3, -0.25) is 4.52 Å². The molecule has 0 aliphatic heterocycles. The minimum Gasteiger partial charge on any atom is -0.392 e. The summed E-state index contributed by atoms with van der Waals surface area (Å²) < 4.78 is 16.3. The van der Waals surface area contributed by atoms with E-state index < -0.39 is 6.10 Å². The van der Waals surface area contributed by atoms with E-state index in [0.717, 1.165) is 18.4 Å². The number of aliphatic hydroxyl groups is 1. The Morgan fingerprint density at radius 2 is 2.00 bits per heavy atom. The molecular weight excluding hydrogens is 335 g/mol. The Bertz CT molecular complexity index is 567. The van der Waals surface area contributed by atoms with Crippen molar-refractivity contribution in [1.29, 1.82) is 5.26 Å². The molecule has 2 rings (SSSR count). The van der Waals surface area contributed by atoms with Gasteiger partial charge in [-0.25, -0.2) is 4.57 Å². The van der Waals surface area contributed by atoms with Crippen LogP contribution in [0.1, 0.15) is 62.6 Å². The van der Waals surface area contributed by atoms with Crippen molar-refractivity contribution in [2.75, 3.05) is 6.54 Å². The molecule has 6 heteroatoms. The van der Waals surface area contributed by atoms with Gasteiger partial charge in [-0.15, -0.1) is 0 Å². The number of hydrogen-bond acceptors (Lipinski definition) is 5. The lowest BCUT2D eigenvalue weighted by molar-refractivity contribution is 0.0544. The molecule has 1 unspecified atom stereocenters. The molecule has 0 bridgehead atoms. The first-order chi connectivity index (χ1) is 12.1.